The van der Waals surface area contributed by atoms with E-state index in [1.807, 2.05) is 17.7 Å². The molecule has 0 saturated carbocycles. The Balaban J connectivity index is 2.18. The van der Waals surface area contributed by atoms with Gasteiger partial charge < -0.3 is 9.30 Å². The fourth-order valence-electron chi connectivity index (χ4n) is 3.62. The minimum Gasteiger partial charge on any atom is -0.382 e. The monoisotopic (exact) mass is 369 g/mol. The van der Waals surface area contributed by atoms with Crippen LogP contribution in [0, 0.1) is 13.8 Å². The molecule has 0 saturated heterocycles. The number of ether oxygens (including phenoxy) is 1. The maximum atomic E-state index is 13.6. The fourth-order valence-corrected chi connectivity index (χ4v) is 3.62. The van der Waals surface area contributed by atoms with Gasteiger partial charge in [-0.2, -0.15) is 0 Å². The highest BCUT2D eigenvalue weighted by atomic mass is 19.1. The van der Waals surface area contributed by atoms with Gasteiger partial charge in [0.15, 0.2) is 0 Å². The standard InChI is InChI=1S/C22H28FN3O/c1-6-16-8-9-18(19(7-2)24-16)21-14(3)10-20-22(25-21)15(4)12-26(20)17(11-23)13-27-5/h8-10,12,17H,6-7,11,13H2,1-5H3/t17-/m1/s1. The molecule has 0 amide bonds. The van der Waals surface area contributed by atoms with Gasteiger partial charge in [-0.15, -0.1) is 0 Å². The second-order valence-electron chi connectivity index (χ2n) is 7.01. The molecule has 3 aromatic heterocycles. The third-order valence-corrected chi connectivity index (χ3v) is 5.09. The molecule has 0 aromatic carbocycles. The topological polar surface area (TPSA) is 39.9 Å². The molecule has 144 valence electrons. The Labute approximate surface area is 160 Å². The van der Waals surface area contributed by atoms with Crippen molar-refractivity contribution in [2.24, 2.45) is 0 Å². The van der Waals surface area contributed by atoms with Crippen molar-refractivity contribution in [3.63, 3.8) is 0 Å². The maximum Gasteiger partial charge on any atom is 0.112 e. The van der Waals surface area contributed by atoms with Crippen molar-refractivity contribution in [2.45, 2.75) is 46.6 Å². The van der Waals surface area contributed by atoms with Crippen molar-refractivity contribution in [1.82, 2.24) is 14.5 Å². The number of aromatic nitrogens is 3. The summed E-state index contributed by atoms with van der Waals surface area (Å²) in [6.07, 6.45) is 3.76. The zero-order chi connectivity index (χ0) is 19.6. The van der Waals surface area contributed by atoms with Gasteiger partial charge in [-0.05, 0) is 56.0 Å². The first-order chi connectivity index (χ1) is 13.0. The largest absolute Gasteiger partial charge is 0.382 e. The molecule has 27 heavy (non-hydrogen) atoms. The number of fused-ring (bicyclic) bond motifs is 1. The van der Waals surface area contributed by atoms with Crippen molar-refractivity contribution in [3.8, 4) is 11.3 Å². The van der Waals surface area contributed by atoms with Gasteiger partial charge in [0.05, 0.1) is 29.4 Å². The Morgan fingerprint density at radius 2 is 1.89 bits per heavy atom. The van der Waals surface area contributed by atoms with E-state index in [1.54, 1.807) is 7.11 Å². The van der Waals surface area contributed by atoms with Crippen molar-refractivity contribution in [2.75, 3.05) is 20.4 Å². The molecule has 1 atom stereocenters. The van der Waals surface area contributed by atoms with Crippen LogP contribution < -0.4 is 0 Å². The first-order valence-corrected chi connectivity index (χ1v) is 9.56. The van der Waals surface area contributed by atoms with Crippen molar-refractivity contribution in [1.29, 1.82) is 0 Å². The normalized spacial score (nSPS) is 12.7. The van der Waals surface area contributed by atoms with Crippen LogP contribution in [0.2, 0.25) is 0 Å². The molecule has 3 rings (SSSR count). The molecule has 4 nitrogen and oxygen atoms in total. The Morgan fingerprint density at radius 3 is 2.52 bits per heavy atom. The number of rotatable bonds is 7. The van der Waals surface area contributed by atoms with Crippen LogP contribution in [0.15, 0.2) is 24.4 Å². The molecule has 0 aliphatic carbocycles. The second-order valence-corrected chi connectivity index (χ2v) is 7.01. The number of nitrogens with zero attached hydrogens (tertiary/aromatic N) is 3. The molecule has 3 aromatic rings. The minimum absolute atomic E-state index is 0.336. The molecule has 3 heterocycles. The molecule has 0 aliphatic rings. The van der Waals surface area contributed by atoms with Crippen LogP contribution in [0.1, 0.15) is 42.4 Å². The third kappa shape index (κ3) is 3.61. The highest BCUT2D eigenvalue weighted by Crippen LogP contribution is 2.31. The predicted octanol–water partition coefficient (Wildman–Crippen LogP) is 5.00. The van der Waals surface area contributed by atoms with Gasteiger partial charge in [0.2, 0.25) is 0 Å². The van der Waals surface area contributed by atoms with Gasteiger partial charge in [-0.25, -0.2) is 9.37 Å². The van der Waals surface area contributed by atoms with E-state index in [-0.39, 0.29) is 6.04 Å². The lowest BCUT2D eigenvalue weighted by Gasteiger charge is -2.17. The van der Waals surface area contributed by atoms with Crippen molar-refractivity contribution < 1.29 is 9.13 Å². The molecule has 0 radical (unpaired) electrons. The van der Waals surface area contributed by atoms with E-state index in [0.29, 0.717) is 6.61 Å². The van der Waals surface area contributed by atoms with E-state index in [4.69, 9.17) is 14.7 Å². The first kappa shape index (κ1) is 19.5. The lowest BCUT2D eigenvalue weighted by atomic mass is 10.0. The lowest BCUT2D eigenvalue weighted by Crippen LogP contribution is -2.15. The number of pyridine rings is 2. The smallest absolute Gasteiger partial charge is 0.112 e. The van der Waals surface area contributed by atoms with E-state index < -0.39 is 6.67 Å². The van der Waals surface area contributed by atoms with Gasteiger partial charge in [0.1, 0.15) is 6.67 Å². The van der Waals surface area contributed by atoms with E-state index >= 15 is 0 Å². The van der Waals surface area contributed by atoms with Crippen molar-refractivity contribution in [3.05, 3.63) is 46.9 Å². The molecule has 0 aliphatic heterocycles. The molecule has 0 unspecified atom stereocenters. The van der Waals surface area contributed by atoms with Gasteiger partial charge in [-0.1, -0.05) is 13.8 Å². The molecular formula is C22H28FN3O. The number of hydrogen-bond acceptors (Lipinski definition) is 3. The molecule has 0 spiro atoms. The summed E-state index contributed by atoms with van der Waals surface area (Å²) in [4.78, 5) is 9.77. The average molecular weight is 369 g/mol. The van der Waals surface area contributed by atoms with E-state index in [1.165, 1.54) is 0 Å². The fraction of sp³-hybridized carbons (Fsp3) is 0.455. The van der Waals surface area contributed by atoms with Crippen LogP contribution in [0.4, 0.5) is 4.39 Å². The first-order valence-electron chi connectivity index (χ1n) is 9.56. The summed E-state index contributed by atoms with van der Waals surface area (Å²) in [5, 5.41) is 0. The van der Waals surface area contributed by atoms with Crippen molar-refractivity contribution >= 4 is 11.0 Å². The quantitative estimate of drug-likeness (QED) is 0.588. The van der Waals surface area contributed by atoms with Crippen LogP contribution in [-0.4, -0.2) is 34.9 Å². The van der Waals surface area contributed by atoms with Gasteiger partial charge in [-0.3, -0.25) is 4.98 Å². The van der Waals surface area contributed by atoms with Gasteiger partial charge in [0.25, 0.3) is 0 Å². The summed E-state index contributed by atoms with van der Waals surface area (Å²) in [5.74, 6) is 0. The molecule has 0 bridgehead atoms. The summed E-state index contributed by atoms with van der Waals surface area (Å²) < 4.78 is 20.7. The van der Waals surface area contributed by atoms with Crippen LogP contribution >= 0.6 is 0 Å². The summed E-state index contributed by atoms with van der Waals surface area (Å²) in [6.45, 7) is 8.18. The predicted molar refractivity (Wildman–Crippen MR) is 108 cm³/mol. The molecule has 0 fully saturated rings. The highest BCUT2D eigenvalue weighted by molar-refractivity contribution is 5.84. The SMILES string of the molecule is CCc1ccc(-c2nc3c(C)cn([C@H](CF)COC)c3cc2C)c(CC)n1. The Bertz CT molecular complexity index is 948. The Hall–Kier alpha value is -2.27. The maximum absolute atomic E-state index is 13.6. The van der Waals surface area contributed by atoms with E-state index in [0.717, 1.165) is 57.6 Å². The highest BCUT2D eigenvalue weighted by Gasteiger charge is 2.19. The van der Waals surface area contributed by atoms with Crippen LogP contribution in [0.25, 0.3) is 22.3 Å². The average Bonchev–Trinajstić information content (AvgIpc) is 3.00. The molecule has 0 N–H and O–H groups in total. The second kappa shape index (κ2) is 8.17. The Morgan fingerprint density at radius 1 is 1.11 bits per heavy atom. The summed E-state index contributed by atoms with van der Waals surface area (Å²) in [5.41, 5.74) is 8.18. The zero-order valence-corrected chi connectivity index (χ0v) is 16.8. The Kier molecular flexibility index (Phi) is 5.90. The van der Waals surface area contributed by atoms with E-state index in [9.17, 15) is 4.39 Å². The summed E-state index contributed by atoms with van der Waals surface area (Å²) in [6, 6.07) is 5.98. The molecule has 5 heteroatoms. The number of halogens is 1. The van der Waals surface area contributed by atoms with Crippen LogP contribution in [-0.2, 0) is 17.6 Å². The molecular weight excluding hydrogens is 341 g/mol. The lowest BCUT2D eigenvalue weighted by molar-refractivity contribution is 0.142. The van der Waals surface area contributed by atoms with E-state index in [2.05, 4.69) is 39.0 Å². The zero-order valence-electron chi connectivity index (χ0n) is 16.8. The number of aryl methyl sites for hydroxylation is 4. The number of methoxy groups -OCH3 is 1. The third-order valence-electron chi connectivity index (χ3n) is 5.09. The van der Waals surface area contributed by atoms with Gasteiger partial charge in [0, 0.05) is 30.3 Å². The summed E-state index contributed by atoms with van der Waals surface area (Å²) >= 11 is 0. The van der Waals surface area contributed by atoms with Gasteiger partial charge >= 0.3 is 0 Å². The summed E-state index contributed by atoms with van der Waals surface area (Å²) in [7, 11) is 1.60. The number of alkyl halides is 1. The number of hydrogen-bond donors (Lipinski definition) is 0. The minimum atomic E-state index is -0.472. The van der Waals surface area contributed by atoms with Crippen LogP contribution in [0.5, 0.6) is 0 Å². The van der Waals surface area contributed by atoms with Crippen LogP contribution in [0.3, 0.4) is 0 Å².